The smallest absolute Gasteiger partial charge is 0.291 e. The summed E-state index contributed by atoms with van der Waals surface area (Å²) in [5, 5.41) is 6.98. The molecule has 1 amide bonds. The number of halogens is 2. The Morgan fingerprint density at radius 3 is 2.84 bits per heavy atom. The standard InChI is InChI=1S/C17H15Br2N3O3/c1-2-24-15-5-3-11(18)7-14(15)21-17(23)16-6-4-13(25-16)10-22-9-12(19)8-20-22/h3-9H,2,10H2,1H3,(H,21,23). The lowest BCUT2D eigenvalue weighted by Gasteiger charge is -2.11. The highest BCUT2D eigenvalue weighted by Crippen LogP contribution is 2.29. The lowest BCUT2D eigenvalue weighted by molar-refractivity contribution is 0.0994. The van der Waals surface area contributed by atoms with Crippen molar-refractivity contribution < 1.29 is 13.9 Å². The number of carbonyl (C=O) groups is 1. The molecule has 8 heteroatoms. The van der Waals surface area contributed by atoms with Crippen LogP contribution in [0.2, 0.25) is 0 Å². The molecule has 0 radical (unpaired) electrons. The zero-order valence-corrected chi connectivity index (χ0v) is 16.5. The lowest BCUT2D eigenvalue weighted by atomic mass is 10.3. The third-order valence-electron chi connectivity index (χ3n) is 3.29. The van der Waals surface area contributed by atoms with Gasteiger partial charge in [0.25, 0.3) is 5.91 Å². The topological polar surface area (TPSA) is 69.3 Å². The lowest BCUT2D eigenvalue weighted by Crippen LogP contribution is -2.12. The van der Waals surface area contributed by atoms with Crippen LogP contribution in [-0.4, -0.2) is 22.3 Å². The summed E-state index contributed by atoms with van der Waals surface area (Å²) in [6, 6.07) is 8.84. The van der Waals surface area contributed by atoms with E-state index in [1.54, 1.807) is 35.1 Å². The van der Waals surface area contributed by atoms with Crippen molar-refractivity contribution in [2.75, 3.05) is 11.9 Å². The molecule has 6 nitrogen and oxygen atoms in total. The summed E-state index contributed by atoms with van der Waals surface area (Å²) in [5.41, 5.74) is 0.579. The van der Waals surface area contributed by atoms with Gasteiger partial charge >= 0.3 is 0 Å². The van der Waals surface area contributed by atoms with E-state index in [1.807, 2.05) is 19.2 Å². The van der Waals surface area contributed by atoms with Crippen molar-refractivity contribution >= 4 is 43.5 Å². The molecule has 0 saturated heterocycles. The fourth-order valence-corrected chi connectivity index (χ4v) is 2.92. The highest BCUT2D eigenvalue weighted by molar-refractivity contribution is 9.10. The van der Waals surface area contributed by atoms with Crippen LogP contribution in [0.1, 0.15) is 23.2 Å². The highest BCUT2D eigenvalue weighted by Gasteiger charge is 2.15. The van der Waals surface area contributed by atoms with E-state index in [9.17, 15) is 4.79 Å². The first-order chi connectivity index (χ1) is 12.0. The number of hydrogen-bond donors (Lipinski definition) is 1. The van der Waals surface area contributed by atoms with Crippen LogP contribution in [0, 0.1) is 0 Å². The molecule has 3 rings (SSSR count). The predicted octanol–water partition coefficient (Wildman–Crippen LogP) is 4.70. The monoisotopic (exact) mass is 467 g/mol. The van der Waals surface area contributed by atoms with Crippen LogP contribution in [0.15, 0.2) is 56.1 Å². The van der Waals surface area contributed by atoms with Crippen molar-refractivity contribution in [1.29, 1.82) is 0 Å². The van der Waals surface area contributed by atoms with Gasteiger partial charge in [0.15, 0.2) is 5.76 Å². The molecule has 3 aromatic rings. The number of ether oxygens (including phenoxy) is 1. The zero-order chi connectivity index (χ0) is 17.8. The minimum Gasteiger partial charge on any atom is -0.492 e. The van der Waals surface area contributed by atoms with Crippen LogP contribution in [0.4, 0.5) is 5.69 Å². The Balaban J connectivity index is 1.73. The number of nitrogens with zero attached hydrogens (tertiary/aromatic N) is 2. The number of amides is 1. The van der Waals surface area contributed by atoms with Gasteiger partial charge in [-0.1, -0.05) is 15.9 Å². The van der Waals surface area contributed by atoms with Gasteiger partial charge in [-0.25, -0.2) is 0 Å². The summed E-state index contributed by atoms with van der Waals surface area (Å²) < 4.78 is 14.6. The summed E-state index contributed by atoms with van der Waals surface area (Å²) in [7, 11) is 0. The van der Waals surface area contributed by atoms with Gasteiger partial charge in [-0.05, 0) is 53.2 Å². The molecule has 0 aliphatic carbocycles. The van der Waals surface area contributed by atoms with E-state index >= 15 is 0 Å². The fourth-order valence-electron chi connectivity index (χ4n) is 2.23. The zero-order valence-electron chi connectivity index (χ0n) is 13.3. The van der Waals surface area contributed by atoms with Crippen LogP contribution in [0.25, 0.3) is 0 Å². The number of benzene rings is 1. The Morgan fingerprint density at radius 1 is 1.28 bits per heavy atom. The van der Waals surface area contributed by atoms with Crippen molar-refractivity contribution in [3.8, 4) is 5.75 Å². The van der Waals surface area contributed by atoms with Crippen LogP contribution >= 0.6 is 31.9 Å². The van der Waals surface area contributed by atoms with Gasteiger partial charge in [0.05, 0.1) is 29.5 Å². The summed E-state index contributed by atoms with van der Waals surface area (Å²) in [6.45, 7) is 2.84. The van der Waals surface area contributed by atoms with E-state index in [4.69, 9.17) is 9.15 Å². The Kier molecular flexibility index (Phi) is 5.60. The highest BCUT2D eigenvalue weighted by atomic mass is 79.9. The predicted molar refractivity (Wildman–Crippen MR) is 101 cm³/mol. The van der Waals surface area contributed by atoms with E-state index < -0.39 is 0 Å². The van der Waals surface area contributed by atoms with E-state index in [0.29, 0.717) is 30.3 Å². The Morgan fingerprint density at radius 2 is 2.12 bits per heavy atom. The summed E-state index contributed by atoms with van der Waals surface area (Å²) in [4.78, 5) is 12.4. The second kappa shape index (κ2) is 7.88. The van der Waals surface area contributed by atoms with Gasteiger partial charge in [0, 0.05) is 10.7 Å². The minimum atomic E-state index is -0.341. The Hall–Kier alpha value is -2.06. The third kappa shape index (κ3) is 4.52. The quantitative estimate of drug-likeness (QED) is 0.569. The molecule has 130 valence electrons. The molecule has 2 heterocycles. The van der Waals surface area contributed by atoms with Gasteiger partial charge in [-0.15, -0.1) is 0 Å². The second-order valence-electron chi connectivity index (χ2n) is 5.15. The third-order valence-corrected chi connectivity index (χ3v) is 4.20. The summed E-state index contributed by atoms with van der Waals surface area (Å²) in [5.74, 6) is 1.13. The maximum Gasteiger partial charge on any atom is 0.291 e. The van der Waals surface area contributed by atoms with E-state index in [0.717, 1.165) is 8.95 Å². The second-order valence-corrected chi connectivity index (χ2v) is 6.98. The van der Waals surface area contributed by atoms with Gasteiger partial charge in [0.2, 0.25) is 0 Å². The maximum absolute atomic E-state index is 12.4. The molecule has 0 fully saturated rings. The van der Waals surface area contributed by atoms with Crippen LogP contribution in [0.5, 0.6) is 5.75 Å². The molecule has 25 heavy (non-hydrogen) atoms. The summed E-state index contributed by atoms with van der Waals surface area (Å²) in [6.07, 6.45) is 3.53. The maximum atomic E-state index is 12.4. The summed E-state index contributed by atoms with van der Waals surface area (Å²) >= 11 is 6.74. The number of hydrogen-bond acceptors (Lipinski definition) is 4. The molecule has 1 N–H and O–H groups in total. The molecular formula is C17H15Br2N3O3. The largest absolute Gasteiger partial charge is 0.492 e. The van der Waals surface area contributed by atoms with Crippen LogP contribution in [0.3, 0.4) is 0 Å². The van der Waals surface area contributed by atoms with Gasteiger partial charge < -0.3 is 14.5 Å². The van der Waals surface area contributed by atoms with Gasteiger partial charge in [0.1, 0.15) is 11.5 Å². The van der Waals surface area contributed by atoms with Crippen LogP contribution < -0.4 is 10.1 Å². The first-order valence-corrected chi connectivity index (χ1v) is 9.14. The van der Waals surface area contributed by atoms with Gasteiger partial charge in [-0.2, -0.15) is 5.10 Å². The van der Waals surface area contributed by atoms with Crippen molar-refractivity contribution in [2.45, 2.75) is 13.5 Å². The Labute approximate surface area is 161 Å². The number of furan rings is 1. The van der Waals surface area contributed by atoms with Crippen molar-refractivity contribution in [1.82, 2.24) is 9.78 Å². The van der Waals surface area contributed by atoms with Crippen molar-refractivity contribution in [3.05, 3.63) is 63.2 Å². The molecule has 0 unspecified atom stereocenters. The molecule has 0 atom stereocenters. The fraction of sp³-hybridized carbons (Fsp3) is 0.176. The molecule has 0 bridgehead atoms. The molecule has 0 aliphatic rings. The van der Waals surface area contributed by atoms with E-state index in [2.05, 4.69) is 42.3 Å². The molecule has 1 aromatic carbocycles. The first-order valence-electron chi connectivity index (χ1n) is 7.55. The van der Waals surface area contributed by atoms with Crippen LogP contribution in [-0.2, 0) is 6.54 Å². The molecule has 0 saturated carbocycles. The molecule has 0 aliphatic heterocycles. The van der Waals surface area contributed by atoms with Crippen molar-refractivity contribution in [3.63, 3.8) is 0 Å². The molecule has 2 aromatic heterocycles. The van der Waals surface area contributed by atoms with E-state index in [-0.39, 0.29) is 11.7 Å². The number of carbonyl (C=O) groups excluding carboxylic acids is 1. The van der Waals surface area contributed by atoms with Crippen molar-refractivity contribution in [2.24, 2.45) is 0 Å². The average Bonchev–Trinajstić information content (AvgIpc) is 3.20. The Bertz CT molecular complexity index is 889. The molecular weight excluding hydrogens is 454 g/mol. The normalized spacial score (nSPS) is 10.7. The van der Waals surface area contributed by atoms with E-state index in [1.165, 1.54) is 0 Å². The number of nitrogens with one attached hydrogen (secondary N) is 1. The first kappa shape index (κ1) is 17.8. The average molecular weight is 469 g/mol. The number of aromatic nitrogens is 2. The molecule has 0 spiro atoms. The number of anilines is 1. The number of rotatable bonds is 6. The van der Waals surface area contributed by atoms with Gasteiger partial charge in [-0.3, -0.25) is 9.48 Å². The SMILES string of the molecule is CCOc1ccc(Br)cc1NC(=O)c1ccc(Cn2cc(Br)cn2)o1. The minimum absolute atomic E-state index is 0.226.